The highest BCUT2D eigenvalue weighted by atomic mass is 28.4. The number of nitrogens with zero attached hydrogens (tertiary/aromatic N) is 3. The van der Waals surface area contributed by atoms with E-state index in [1.54, 1.807) is 18.7 Å². The highest BCUT2D eigenvalue weighted by molar-refractivity contribution is 6.74. The highest BCUT2D eigenvalue weighted by Crippen LogP contribution is 2.38. The van der Waals surface area contributed by atoms with Gasteiger partial charge in [-0.1, -0.05) is 27.7 Å². The zero-order chi connectivity index (χ0) is 22.7. The summed E-state index contributed by atoms with van der Waals surface area (Å²) in [4.78, 5) is 11.3. The minimum absolute atomic E-state index is 0.0265. The maximum Gasteiger partial charge on any atom is 0.352 e. The summed E-state index contributed by atoms with van der Waals surface area (Å²) in [6.07, 6.45) is 3.94. The molecule has 30 heavy (non-hydrogen) atoms. The maximum atomic E-state index is 11.7. The molecule has 0 bridgehead atoms. The summed E-state index contributed by atoms with van der Waals surface area (Å²) in [5.74, 6) is 0.229. The van der Waals surface area contributed by atoms with Crippen molar-refractivity contribution in [2.75, 3.05) is 20.3 Å². The quantitative estimate of drug-likeness (QED) is 0.295. The zero-order valence-corrected chi connectivity index (χ0v) is 20.9. The number of nitro groups is 1. The molecule has 1 heterocycles. The van der Waals surface area contributed by atoms with Gasteiger partial charge in [-0.25, -0.2) is 0 Å². The van der Waals surface area contributed by atoms with Crippen LogP contribution in [-0.2, 0) is 9.16 Å². The van der Waals surface area contributed by atoms with Crippen LogP contribution in [0.1, 0.15) is 65.1 Å². The van der Waals surface area contributed by atoms with Crippen molar-refractivity contribution in [2.24, 2.45) is 5.92 Å². The molecule has 0 amide bonds. The van der Waals surface area contributed by atoms with Gasteiger partial charge in [-0.3, -0.25) is 14.8 Å². The van der Waals surface area contributed by atoms with E-state index in [0.29, 0.717) is 18.9 Å². The average molecular weight is 442 g/mol. The number of hydrogen-bond donors (Lipinski definition) is 0. The molecular formula is C21H39N3O5Si. The predicted molar refractivity (Wildman–Crippen MR) is 120 cm³/mol. The van der Waals surface area contributed by atoms with Gasteiger partial charge >= 0.3 is 11.6 Å². The smallest absolute Gasteiger partial charge is 0.352 e. The lowest BCUT2D eigenvalue weighted by Crippen LogP contribution is -2.42. The Morgan fingerprint density at radius 1 is 1.23 bits per heavy atom. The fourth-order valence-electron chi connectivity index (χ4n) is 3.51. The van der Waals surface area contributed by atoms with Crippen molar-refractivity contribution in [1.29, 1.82) is 0 Å². The molecule has 1 aromatic heterocycles. The fourth-order valence-corrected chi connectivity index (χ4v) is 4.64. The lowest BCUT2D eigenvalue weighted by Gasteiger charge is -2.36. The van der Waals surface area contributed by atoms with Gasteiger partial charge in [0.05, 0.1) is 23.7 Å². The molecule has 8 nitrogen and oxygen atoms in total. The Morgan fingerprint density at radius 2 is 1.83 bits per heavy atom. The van der Waals surface area contributed by atoms with Crippen LogP contribution >= 0.6 is 0 Å². The van der Waals surface area contributed by atoms with E-state index in [2.05, 4.69) is 39.0 Å². The molecule has 0 aromatic carbocycles. The Labute approximate surface area is 181 Å². The van der Waals surface area contributed by atoms with E-state index in [9.17, 15) is 10.1 Å². The van der Waals surface area contributed by atoms with Gasteiger partial charge in [0.15, 0.2) is 8.32 Å². The first-order chi connectivity index (χ1) is 13.9. The van der Waals surface area contributed by atoms with Gasteiger partial charge < -0.3 is 13.9 Å². The van der Waals surface area contributed by atoms with Gasteiger partial charge in [0, 0.05) is 19.6 Å². The first kappa shape index (κ1) is 24.8. The van der Waals surface area contributed by atoms with Crippen molar-refractivity contribution in [1.82, 2.24) is 9.78 Å². The second-order valence-corrected chi connectivity index (χ2v) is 14.9. The number of rotatable bonds is 9. The summed E-state index contributed by atoms with van der Waals surface area (Å²) in [5.41, 5.74) is 0.530. The van der Waals surface area contributed by atoms with Gasteiger partial charge in [-0.15, -0.1) is 5.10 Å². The first-order valence-corrected chi connectivity index (χ1v) is 13.8. The summed E-state index contributed by atoms with van der Waals surface area (Å²) in [6.45, 7) is 15.8. The lowest BCUT2D eigenvalue weighted by molar-refractivity contribution is -0.386. The molecule has 0 N–H and O–H groups in total. The zero-order valence-electron chi connectivity index (χ0n) is 19.9. The molecule has 0 aliphatic heterocycles. The van der Waals surface area contributed by atoms with Gasteiger partial charge in [0.25, 0.3) is 0 Å². The number of ether oxygens (including phenoxy) is 2. The molecule has 1 fully saturated rings. The van der Waals surface area contributed by atoms with E-state index in [-0.39, 0.29) is 39.6 Å². The van der Waals surface area contributed by atoms with Crippen molar-refractivity contribution in [3.8, 4) is 5.88 Å². The summed E-state index contributed by atoms with van der Waals surface area (Å²) in [5, 5.41) is 16.3. The molecule has 1 aromatic rings. The van der Waals surface area contributed by atoms with Crippen LogP contribution in [0.15, 0.2) is 0 Å². The molecule has 0 spiro atoms. The second-order valence-electron chi connectivity index (χ2n) is 10.1. The third-order valence-electron chi connectivity index (χ3n) is 6.63. The Balaban J connectivity index is 2.04. The Hall–Kier alpha value is -1.45. The molecule has 9 heteroatoms. The topological polar surface area (TPSA) is 88.7 Å². The van der Waals surface area contributed by atoms with E-state index in [1.165, 1.54) is 0 Å². The molecule has 1 aliphatic carbocycles. The van der Waals surface area contributed by atoms with E-state index in [0.717, 1.165) is 25.7 Å². The molecule has 0 radical (unpaired) electrons. The van der Waals surface area contributed by atoms with E-state index in [4.69, 9.17) is 13.9 Å². The van der Waals surface area contributed by atoms with Crippen molar-refractivity contribution < 1.29 is 18.8 Å². The Morgan fingerprint density at radius 3 is 2.33 bits per heavy atom. The van der Waals surface area contributed by atoms with Gasteiger partial charge in [0.2, 0.25) is 0 Å². The third kappa shape index (κ3) is 5.82. The third-order valence-corrected chi connectivity index (χ3v) is 11.1. The maximum absolute atomic E-state index is 11.7. The fraction of sp³-hybridized carbons (Fsp3) is 0.857. The lowest BCUT2D eigenvalue weighted by atomic mass is 9.93. The van der Waals surface area contributed by atoms with Crippen LogP contribution in [0.5, 0.6) is 5.88 Å². The van der Waals surface area contributed by atoms with E-state index >= 15 is 0 Å². The first-order valence-electron chi connectivity index (χ1n) is 10.9. The van der Waals surface area contributed by atoms with Crippen LogP contribution in [0, 0.1) is 23.0 Å². The monoisotopic (exact) mass is 441 g/mol. The Kier molecular flexibility index (Phi) is 8.09. The summed E-state index contributed by atoms with van der Waals surface area (Å²) >= 11 is 0. The van der Waals surface area contributed by atoms with Crippen LogP contribution in [0.25, 0.3) is 0 Å². The molecule has 2 rings (SSSR count). The molecule has 1 aliphatic rings. The average Bonchev–Trinajstić information content (AvgIpc) is 3.00. The van der Waals surface area contributed by atoms with Crippen molar-refractivity contribution >= 4 is 14.0 Å². The van der Waals surface area contributed by atoms with Crippen LogP contribution in [0.2, 0.25) is 18.1 Å². The summed E-state index contributed by atoms with van der Waals surface area (Å²) < 4.78 is 19.3. The van der Waals surface area contributed by atoms with Crippen LogP contribution in [0.4, 0.5) is 5.69 Å². The second kappa shape index (κ2) is 9.78. The molecular weight excluding hydrogens is 402 g/mol. The van der Waals surface area contributed by atoms with Crippen LogP contribution in [0.3, 0.4) is 0 Å². The summed E-state index contributed by atoms with van der Waals surface area (Å²) in [6, 6.07) is 0.145. The van der Waals surface area contributed by atoms with Crippen molar-refractivity contribution in [3.63, 3.8) is 0 Å². The molecule has 172 valence electrons. The SMILES string of the molecule is COC1CCC(n2nc(OC[C@@H](C)CO[Si](C)(C)C(C)(C)C)c([N+](=O)[O-])c2C)CC1. The Bertz CT molecular complexity index is 721. The van der Waals surface area contributed by atoms with Gasteiger partial charge in [-0.05, 0) is 50.7 Å². The normalized spacial score (nSPS) is 21.5. The molecule has 0 saturated heterocycles. The van der Waals surface area contributed by atoms with Crippen molar-refractivity contribution in [2.45, 2.75) is 90.6 Å². The van der Waals surface area contributed by atoms with Gasteiger partial charge in [0.1, 0.15) is 5.69 Å². The molecule has 1 saturated carbocycles. The van der Waals surface area contributed by atoms with E-state index < -0.39 is 8.32 Å². The van der Waals surface area contributed by atoms with Crippen LogP contribution < -0.4 is 4.74 Å². The predicted octanol–water partition coefficient (Wildman–Crippen LogP) is 5.27. The van der Waals surface area contributed by atoms with Crippen LogP contribution in [-0.4, -0.2) is 49.4 Å². The molecule has 0 unspecified atom stereocenters. The minimum Gasteiger partial charge on any atom is -0.471 e. The number of aromatic nitrogens is 2. The standard InChI is InChI=1S/C21H39N3O5Si/c1-15(14-29-30(7,8)21(3,4)5)13-28-20-19(24(25)26)16(2)23(22-20)17-9-11-18(27-6)12-10-17/h15,17-18H,9-14H2,1-8H3/t15-,17?,18?/m1/s1. The highest BCUT2D eigenvalue weighted by Gasteiger charge is 2.37. The van der Waals surface area contributed by atoms with Crippen molar-refractivity contribution in [3.05, 3.63) is 15.8 Å². The number of hydrogen-bond acceptors (Lipinski definition) is 6. The summed E-state index contributed by atoms with van der Waals surface area (Å²) in [7, 11) is -0.102. The van der Waals surface area contributed by atoms with Gasteiger partial charge in [-0.2, -0.15) is 0 Å². The minimum atomic E-state index is -1.83. The largest absolute Gasteiger partial charge is 0.471 e. The van der Waals surface area contributed by atoms with E-state index in [1.807, 2.05) is 6.92 Å². The number of methoxy groups -OCH3 is 1. The molecule has 1 atom stereocenters.